The molecule has 5 aromatic carbocycles. The van der Waals surface area contributed by atoms with Crippen LogP contribution in [0.15, 0.2) is 114 Å². The van der Waals surface area contributed by atoms with Crippen molar-refractivity contribution < 1.29 is 28.9 Å². The van der Waals surface area contributed by atoms with Gasteiger partial charge in [-0.25, -0.2) is 4.39 Å². The number of pyridine rings is 1. The summed E-state index contributed by atoms with van der Waals surface area (Å²) in [4.78, 5) is 9.66. The summed E-state index contributed by atoms with van der Waals surface area (Å²) in [6, 6.07) is 39.8. The van der Waals surface area contributed by atoms with Gasteiger partial charge in [-0.3, -0.25) is 4.98 Å². The summed E-state index contributed by atoms with van der Waals surface area (Å²) in [7, 11) is -1.34. The Labute approximate surface area is 320 Å². The first kappa shape index (κ1) is 37.1. The maximum atomic E-state index is 13.8. The maximum Gasteiger partial charge on any atom is 0.126 e. The average Bonchev–Trinajstić information content (AvgIpc) is 3.66. The van der Waals surface area contributed by atoms with Crippen molar-refractivity contribution in [3.05, 3.63) is 144 Å². The van der Waals surface area contributed by atoms with Crippen LogP contribution in [0.4, 0.5) is 4.39 Å². The predicted octanol–water partition coefficient (Wildman–Crippen LogP) is 11.4. The molecule has 0 amide bonds. The van der Waals surface area contributed by atoms with E-state index in [0.717, 1.165) is 67.7 Å². The van der Waals surface area contributed by atoms with Crippen molar-refractivity contribution >= 4 is 46.2 Å². The molecule has 0 aliphatic rings. The summed E-state index contributed by atoms with van der Waals surface area (Å²) < 4.78 is 22.1. The van der Waals surface area contributed by atoms with E-state index in [1.54, 1.807) is 6.07 Å². The molecule has 0 saturated carbocycles. The Bertz CT molecular complexity index is 2490. The average molecular weight is 880 g/mol. The van der Waals surface area contributed by atoms with Crippen LogP contribution in [-0.4, -0.2) is 22.6 Å². The molecule has 0 spiro atoms. The van der Waals surface area contributed by atoms with Gasteiger partial charge in [0.2, 0.25) is 0 Å². The van der Waals surface area contributed by atoms with Crippen molar-refractivity contribution in [3.8, 4) is 28.3 Å². The third-order valence-electron chi connectivity index (χ3n) is 9.25. The molecule has 4 nitrogen and oxygen atoms in total. The molecule has 1 radical (unpaired) electrons. The van der Waals surface area contributed by atoms with Gasteiger partial charge in [0.25, 0.3) is 0 Å². The third kappa shape index (κ3) is 7.31. The Morgan fingerprint density at radius 1 is 0.827 bits per heavy atom. The number of imidazole rings is 1. The zero-order valence-corrected chi connectivity index (χ0v) is 34.0. The molecule has 8 rings (SSSR count). The molecule has 52 heavy (non-hydrogen) atoms. The van der Waals surface area contributed by atoms with E-state index in [1.807, 2.05) is 48.5 Å². The minimum Gasteiger partial charge on any atom is -0.500 e. The topological polar surface area (TPSA) is 43.9 Å². The molecule has 0 fully saturated rings. The van der Waals surface area contributed by atoms with Gasteiger partial charge < -0.3 is 14.0 Å². The fraction of sp³-hybridized carbons (Fsp3) is 0.200. The van der Waals surface area contributed by atoms with E-state index in [1.165, 1.54) is 22.9 Å². The Hall–Kier alpha value is -4.68. The maximum absolute atomic E-state index is 13.8. The van der Waals surface area contributed by atoms with Crippen LogP contribution in [0.25, 0.3) is 61.3 Å². The van der Waals surface area contributed by atoms with Crippen LogP contribution < -0.4 is 5.19 Å². The Morgan fingerprint density at radius 2 is 1.58 bits per heavy atom. The molecule has 3 aromatic heterocycles. The van der Waals surface area contributed by atoms with Crippen molar-refractivity contribution in [1.82, 2.24) is 14.5 Å². The Morgan fingerprint density at radius 3 is 2.29 bits per heavy atom. The quantitative estimate of drug-likeness (QED) is 0.123. The number of halogens is 1. The molecule has 0 aliphatic carbocycles. The number of para-hydroxylation sites is 3. The van der Waals surface area contributed by atoms with Crippen LogP contribution >= 0.6 is 0 Å². The molecule has 0 bridgehead atoms. The molecule has 265 valence electrons. The number of aromatic nitrogens is 3. The molecule has 0 saturated heterocycles. The fourth-order valence-electron chi connectivity index (χ4n) is 6.94. The number of rotatable bonds is 6. The minimum atomic E-state index is -1.34. The van der Waals surface area contributed by atoms with Crippen LogP contribution in [0.2, 0.25) is 19.6 Å². The molecular formula is C45H42FIrN3OSi-2. The summed E-state index contributed by atoms with van der Waals surface area (Å²) in [5.74, 6) is 1.10. The Balaban J connectivity index is 0.000000193. The van der Waals surface area contributed by atoms with Crippen LogP contribution in [0.5, 0.6) is 0 Å². The molecule has 7 heteroatoms. The zero-order chi connectivity index (χ0) is 35.9. The van der Waals surface area contributed by atoms with Gasteiger partial charge in [0.1, 0.15) is 11.4 Å². The molecule has 0 atom stereocenters. The second kappa shape index (κ2) is 15.1. The van der Waals surface area contributed by atoms with Crippen LogP contribution in [0, 0.1) is 37.7 Å². The first-order valence-electron chi connectivity index (χ1n) is 17.5. The number of furan rings is 1. The molecule has 8 aromatic rings. The SMILES string of the molecule is CC(C)Cc1cc(-c2[c-]cccc2)ncc1[Si](C)(C)C.Cc1cccc(C)c1-n1c(-c2[c-]ccc3c2oc2cc(F)ccc23)nc2ccccc21.[Ir]. The van der Waals surface area contributed by atoms with Crippen molar-refractivity contribution in [2.24, 2.45) is 5.92 Å². The molecule has 3 heterocycles. The van der Waals surface area contributed by atoms with E-state index in [0.29, 0.717) is 17.1 Å². The first-order valence-corrected chi connectivity index (χ1v) is 21.0. The van der Waals surface area contributed by atoms with Gasteiger partial charge in [-0.1, -0.05) is 86.4 Å². The number of hydrogen-bond acceptors (Lipinski definition) is 3. The molecule has 0 aliphatic heterocycles. The summed E-state index contributed by atoms with van der Waals surface area (Å²) in [6.45, 7) is 15.9. The standard InChI is InChI=1S/C27H18FN2O.C18H24NSi.Ir/c1-16-7-5-8-17(2)25(16)30-23-12-4-3-11-22(23)29-27(30)21-10-6-9-20-19-14-13-18(28)15-24(19)31-26(20)21;1-14(2)11-16-12-17(15-9-7-6-8-10-15)19-13-18(16)20(3,4)5;/h3-9,11-15H,1-2H3;6-9,12-14H,11H2,1-5H3;/q2*-1;. The van der Waals surface area contributed by atoms with E-state index in [2.05, 4.69) is 112 Å². The van der Waals surface area contributed by atoms with Gasteiger partial charge in [-0.05, 0) is 72.5 Å². The van der Waals surface area contributed by atoms with E-state index >= 15 is 0 Å². The molecular weight excluding hydrogens is 838 g/mol. The van der Waals surface area contributed by atoms with Crippen LogP contribution in [0.3, 0.4) is 0 Å². The van der Waals surface area contributed by atoms with Crippen molar-refractivity contribution in [2.45, 2.75) is 53.8 Å². The van der Waals surface area contributed by atoms with Crippen LogP contribution in [-0.2, 0) is 26.5 Å². The molecule has 0 unspecified atom stereocenters. The van der Waals surface area contributed by atoms with E-state index in [9.17, 15) is 4.39 Å². The normalized spacial score (nSPS) is 11.6. The van der Waals surface area contributed by atoms with E-state index < -0.39 is 8.07 Å². The zero-order valence-electron chi connectivity index (χ0n) is 30.6. The number of benzene rings is 5. The van der Waals surface area contributed by atoms with E-state index in [-0.39, 0.29) is 25.9 Å². The van der Waals surface area contributed by atoms with Gasteiger partial charge in [-0.2, -0.15) is 0 Å². The van der Waals surface area contributed by atoms with Crippen molar-refractivity contribution in [3.63, 3.8) is 0 Å². The summed E-state index contributed by atoms with van der Waals surface area (Å²) in [5.41, 5.74) is 10.9. The van der Waals surface area contributed by atoms with Crippen molar-refractivity contribution in [2.75, 3.05) is 0 Å². The van der Waals surface area contributed by atoms with Gasteiger partial charge in [0, 0.05) is 43.4 Å². The smallest absolute Gasteiger partial charge is 0.126 e. The summed E-state index contributed by atoms with van der Waals surface area (Å²) >= 11 is 0. The van der Waals surface area contributed by atoms with Crippen molar-refractivity contribution in [1.29, 1.82) is 0 Å². The second-order valence-corrected chi connectivity index (χ2v) is 19.7. The van der Waals surface area contributed by atoms with Crippen LogP contribution in [0.1, 0.15) is 30.5 Å². The van der Waals surface area contributed by atoms with Gasteiger partial charge in [0.15, 0.2) is 0 Å². The second-order valence-electron chi connectivity index (χ2n) is 14.7. The number of hydrogen-bond donors (Lipinski definition) is 0. The number of nitrogens with zero attached hydrogens (tertiary/aromatic N) is 3. The summed E-state index contributed by atoms with van der Waals surface area (Å²) in [5, 5.41) is 3.29. The predicted molar refractivity (Wildman–Crippen MR) is 212 cm³/mol. The molecule has 0 N–H and O–H groups in total. The third-order valence-corrected chi connectivity index (χ3v) is 11.3. The fourth-order valence-corrected chi connectivity index (χ4v) is 8.53. The van der Waals surface area contributed by atoms with E-state index in [4.69, 9.17) is 9.40 Å². The first-order chi connectivity index (χ1) is 24.5. The van der Waals surface area contributed by atoms with Gasteiger partial charge in [0.05, 0.1) is 30.5 Å². The summed E-state index contributed by atoms with van der Waals surface area (Å²) in [6.07, 6.45) is 3.24. The largest absolute Gasteiger partial charge is 0.500 e. The monoisotopic (exact) mass is 880 g/mol. The Kier molecular flexibility index (Phi) is 10.8. The van der Waals surface area contributed by atoms with Gasteiger partial charge >= 0.3 is 0 Å². The number of fused-ring (bicyclic) bond motifs is 4. The van der Waals surface area contributed by atoms with Gasteiger partial charge in [-0.15, -0.1) is 54.1 Å². The number of aryl methyl sites for hydroxylation is 2. The minimum absolute atomic E-state index is 0.